The number of aryl methyl sites for hydroxylation is 3. The molecule has 0 radical (unpaired) electrons. The van der Waals surface area contributed by atoms with Gasteiger partial charge in [0, 0.05) is 6.20 Å². The molecule has 11 nitrogen and oxygen atoms in total. The van der Waals surface area contributed by atoms with Gasteiger partial charge in [-0.25, -0.2) is 14.8 Å². The highest BCUT2D eigenvalue weighted by Gasteiger charge is 2.49. The van der Waals surface area contributed by atoms with Crippen LogP contribution in [-0.2, 0) is 14.3 Å². The van der Waals surface area contributed by atoms with Crippen LogP contribution >= 0.6 is 11.3 Å². The van der Waals surface area contributed by atoms with Gasteiger partial charge in [0.2, 0.25) is 0 Å². The van der Waals surface area contributed by atoms with E-state index in [9.17, 15) is 19.5 Å². The first kappa shape index (κ1) is 30.7. The number of unbranched alkanes of at least 4 members (excludes halogenated alkanes) is 1. The Labute approximate surface area is 258 Å². The van der Waals surface area contributed by atoms with Crippen LogP contribution in [0.5, 0.6) is 11.5 Å². The van der Waals surface area contributed by atoms with E-state index in [1.165, 1.54) is 12.0 Å². The summed E-state index contributed by atoms with van der Waals surface area (Å²) in [5.74, 6) is -1.91. The predicted molar refractivity (Wildman–Crippen MR) is 166 cm³/mol. The van der Waals surface area contributed by atoms with E-state index in [0.29, 0.717) is 40.7 Å². The van der Waals surface area contributed by atoms with Gasteiger partial charge in [-0.1, -0.05) is 36.8 Å². The zero-order chi connectivity index (χ0) is 31.7. The molecule has 1 unspecified atom stereocenters. The predicted octanol–water partition coefficient (Wildman–Crippen LogP) is 5.71. The summed E-state index contributed by atoms with van der Waals surface area (Å²) in [7, 11) is 1.50. The molecule has 4 heterocycles. The Morgan fingerprint density at radius 2 is 1.86 bits per heavy atom. The lowest BCUT2D eigenvalue weighted by Crippen LogP contribution is -2.29. The van der Waals surface area contributed by atoms with Crippen LogP contribution in [0, 0.1) is 20.8 Å². The van der Waals surface area contributed by atoms with Crippen LogP contribution in [-0.4, -0.2) is 57.5 Å². The number of benzene rings is 1. The lowest BCUT2D eigenvalue weighted by atomic mass is 9.96. The Morgan fingerprint density at radius 1 is 1.09 bits per heavy atom. The number of aliphatic hydroxyl groups is 1. The number of aliphatic hydroxyl groups excluding tert-OH is 1. The van der Waals surface area contributed by atoms with Gasteiger partial charge in [0.1, 0.15) is 16.2 Å². The highest BCUT2D eigenvalue weighted by Crippen LogP contribution is 2.46. The van der Waals surface area contributed by atoms with Gasteiger partial charge in [-0.05, 0) is 63.4 Å². The number of ether oxygens (including phenoxy) is 3. The van der Waals surface area contributed by atoms with Crippen molar-refractivity contribution in [3.63, 3.8) is 0 Å². The minimum atomic E-state index is -1.11. The lowest BCUT2D eigenvalue weighted by molar-refractivity contribution is -0.132. The number of methoxy groups -OCH3 is 1. The largest absolute Gasteiger partial charge is 0.505 e. The number of esters is 1. The second-order valence-electron chi connectivity index (χ2n) is 10.3. The van der Waals surface area contributed by atoms with Crippen LogP contribution < -0.4 is 14.4 Å². The van der Waals surface area contributed by atoms with E-state index in [1.54, 1.807) is 39.0 Å². The van der Waals surface area contributed by atoms with Crippen LogP contribution in [0.1, 0.15) is 70.6 Å². The minimum Gasteiger partial charge on any atom is -0.505 e. The van der Waals surface area contributed by atoms with Crippen molar-refractivity contribution in [1.29, 1.82) is 0 Å². The van der Waals surface area contributed by atoms with Gasteiger partial charge >= 0.3 is 11.9 Å². The van der Waals surface area contributed by atoms with Crippen molar-refractivity contribution in [3.8, 4) is 11.5 Å². The van der Waals surface area contributed by atoms with Crippen molar-refractivity contribution in [1.82, 2.24) is 14.4 Å². The van der Waals surface area contributed by atoms with E-state index in [2.05, 4.69) is 16.9 Å². The Bertz CT molecular complexity index is 1810. The van der Waals surface area contributed by atoms with Crippen molar-refractivity contribution in [2.45, 2.75) is 53.5 Å². The molecule has 3 aromatic heterocycles. The molecular weight excluding hydrogens is 584 g/mol. The molecule has 1 N–H and O–H groups in total. The fraction of sp³-hybridized carbons (Fsp3) is 0.344. The molecule has 4 aromatic rings. The number of ketones is 1. The molecule has 1 saturated heterocycles. The van der Waals surface area contributed by atoms with Crippen LogP contribution in [0.3, 0.4) is 0 Å². The normalized spacial score (nSPS) is 16.1. The number of hydrogen-bond acceptors (Lipinski definition) is 10. The highest BCUT2D eigenvalue weighted by molar-refractivity contribution is 7.17. The van der Waals surface area contributed by atoms with Gasteiger partial charge in [-0.15, -0.1) is 0 Å². The number of thiazole rings is 1. The number of carbonyl (C=O) groups is 3. The minimum absolute atomic E-state index is 0.113. The molecule has 5 rings (SSSR count). The van der Waals surface area contributed by atoms with Crippen molar-refractivity contribution in [2.75, 3.05) is 25.2 Å². The number of nitrogens with zero attached hydrogens (tertiary/aromatic N) is 4. The summed E-state index contributed by atoms with van der Waals surface area (Å²) < 4.78 is 18.5. The molecule has 44 heavy (non-hydrogen) atoms. The molecule has 1 atom stereocenters. The molecule has 230 valence electrons. The monoisotopic (exact) mass is 618 g/mol. The van der Waals surface area contributed by atoms with Gasteiger partial charge in [-0.3, -0.25) is 14.5 Å². The van der Waals surface area contributed by atoms with Crippen LogP contribution in [0.25, 0.3) is 11.4 Å². The van der Waals surface area contributed by atoms with E-state index in [-0.39, 0.29) is 27.9 Å². The number of rotatable bonds is 10. The smallest absolute Gasteiger partial charge is 0.350 e. The molecule has 0 aliphatic carbocycles. The topological polar surface area (TPSA) is 133 Å². The van der Waals surface area contributed by atoms with E-state index < -0.39 is 29.5 Å². The molecule has 0 bridgehead atoms. The maximum absolute atomic E-state index is 13.8. The number of pyridine rings is 1. The van der Waals surface area contributed by atoms with E-state index in [1.807, 2.05) is 29.7 Å². The van der Waals surface area contributed by atoms with Crippen molar-refractivity contribution >= 4 is 45.5 Å². The van der Waals surface area contributed by atoms with Gasteiger partial charge in [0.25, 0.3) is 5.78 Å². The first-order chi connectivity index (χ1) is 21.1. The summed E-state index contributed by atoms with van der Waals surface area (Å²) in [5, 5.41) is 11.9. The number of imidazole rings is 1. The molecule has 1 amide bonds. The summed E-state index contributed by atoms with van der Waals surface area (Å²) >= 11 is 0.942. The lowest BCUT2D eigenvalue weighted by Gasteiger charge is -2.24. The first-order valence-corrected chi connectivity index (χ1v) is 15.1. The number of hydrogen-bond donors (Lipinski definition) is 1. The molecule has 12 heteroatoms. The van der Waals surface area contributed by atoms with Crippen molar-refractivity contribution in [3.05, 3.63) is 75.2 Å². The number of anilines is 1. The van der Waals surface area contributed by atoms with Gasteiger partial charge in [-0.2, -0.15) is 0 Å². The molecular formula is C32H34N4O7S. The first-order valence-electron chi connectivity index (χ1n) is 14.3. The molecule has 1 aromatic carbocycles. The summed E-state index contributed by atoms with van der Waals surface area (Å²) in [6.07, 6.45) is 3.63. The maximum Gasteiger partial charge on any atom is 0.350 e. The van der Waals surface area contributed by atoms with Crippen LogP contribution in [0.15, 0.2) is 42.1 Å². The van der Waals surface area contributed by atoms with E-state index >= 15 is 0 Å². The molecule has 1 fully saturated rings. The van der Waals surface area contributed by atoms with Gasteiger partial charge in [0.05, 0.1) is 43.3 Å². The quantitative estimate of drug-likeness (QED) is 0.0781. The number of carbonyl (C=O) groups excluding carboxylic acids is 3. The average molecular weight is 619 g/mol. The zero-order valence-corrected chi connectivity index (χ0v) is 26.3. The summed E-state index contributed by atoms with van der Waals surface area (Å²) in [6.45, 7) is 9.72. The summed E-state index contributed by atoms with van der Waals surface area (Å²) in [4.78, 5) is 50.7. The third-order valence-corrected chi connectivity index (χ3v) is 8.60. The second kappa shape index (κ2) is 12.5. The highest BCUT2D eigenvalue weighted by atomic mass is 32.1. The second-order valence-corrected chi connectivity index (χ2v) is 11.3. The maximum atomic E-state index is 13.8. The fourth-order valence-corrected chi connectivity index (χ4v) is 6.18. The third-order valence-electron chi connectivity index (χ3n) is 7.46. The molecule has 1 aliphatic rings. The Morgan fingerprint density at radius 3 is 2.55 bits per heavy atom. The fourth-order valence-electron chi connectivity index (χ4n) is 5.19. The Balaban J connectivity index is 1.72. The number of Topliss-reactive ketones (excluding diaryl/α,β-unsaturated/α-hetero) is 1. The summed E-state index contributed by atoms with van der Waals surface area (Å²) in [6, 6.07) is 7.74. The van der Waals surface area contributed by atoms with Crippen molar-refractivity contribution < 1.29 is 33.7 Å². The van der Waals surface area contributed by atoms with Gasteiger partial charge in [0.15, 0.2) is 22.4 Å². The van der Waals surface area contributed by atoms with E-state index in [0.717, 1.165) is 29.7 Å². The Kier molecular flexibility index (Phi) is 8.73. The van der Waals surface area contributed by atoms with Gasteiger partial charge < -0.3 is 23.7 Å². The average Bonchev–Trinajstić information content (AvgIpc) is 3.64. The standard InChI is InChI=1S/C32H34N4O7S/c1-7-9-15-43-21-13-12-20(16-22(21)41-6)25-23(26(37)24-19(5)35-14-10-11-17(3)29(35)34-24)27(38)30(39)36(25)32-33-18(4)28(44-32)31(40)42-8-2/h10-14,16,25,37H,7-9,15H2,1-6H3/b26-23+. The SMILES string of the molecule is CCCCOc1ccc(C2/C(=C(\O)c3nc4c(C)cccn4c3C)C(=O)C(=O)N2c2nc(C)c(C(=O)OCC)s2)cc1OC. The van der Waals surface area contributed by atoms with Crippen LogP contribution in [0.4, 0.5) is 5.13 Å². The van der Waals surface area contributed by atoms with Crippen molar-refractivity contribution in [2.24, 2.45) is 0 Å². The molecule has 1 aliphatic heterocycles. The number of fused-ring (bicyclic) bond motifs is 1. The van der Waals surface area contributed by atoms with E-state index in [4.69, 9.17) is 14.2 Å². The number of aromatic nitrogens is 3. The van der Waals surface area contributed by atoms with Crippen LogP contribution in [0.2, 0.25) is 0 Å². The molecule has 0 spiro atoms. The zero-order valence-electron chi connectivity index (χ0n) is 25.5. The molecule has 0 saturated carbocycles. The summed E-state index contributed by atoms with van der Waals surface area (Å²) in [5.41, 5.74) is 2.92. The third kappa shape index (κ3) is 5.30. The number of amides is 1. The Hall–Kier alpha value is -4.71.